The van der Waals surface area contributed by atoms with E-state index in [1.807, 2.05) is 0 Å². The number of nitrogens with two attached hydrogens (primary N) is 2. The highest BCUT2D eigenvalue weighted by Crippen LogP contribution is 2.32. The number of rotatable bonds is 5. The molecule has 0 saturated carbocycles. The number of carbonyl (C=O) groups is 4. The van der Waals surface area contributed by atoms with Crippen LogP contribution in [0.4, 0.5) is 0 Å². The van der Waals surface area contributed by atoms with Crippen LogP contribution in [0.3, 0.4) is 0 Å². The van der Waals surface area contributed by atoms with Gasteiger partial charge in [0, 0.05) is 12.6 Å². The first-order chi connectivity index (χ1) is 10.6. The van der Waals surface area contributed by atoms with E-state index in [2.05, 4.69) is 0 Å². The fraction of sp³-hybridized carbons (Fsp3) is 0.333. The van der Waals surface area contributed by atoms with Crippen LogP contribution in [0.15, 0.2) is 23.0 Å². The van der Waals surface area contributed by atoms with Crippen LogP contribution < -0.4 is 11.6 Å². The fourth-order valence-electron chi connectivity index (χ4n) is 2.52. The van der Waals surface area contributed by atoms with Crippen molar-refractivity contribution in [3.05, 3.63) is 23.0 Å². The molecule has 0 radical (unpaired) electrons. The maximum atomic E-state index is 12.4. The molecule has 2 unspecified atom stereocenters. The van der Waals surface area contributed by atoms with E-state index in [0.29, 0.717) is 0 Å². The van der Waals surface area contributed by atoms with Crippen LogP contribution in [-0.4, -0.2) is 74.4 Å². The number of amides is 2. The highest BCUT2D eigenvalue weighted by atomic mass is 16.4. The summed E-state index contributed by atoms with van der Waals surface area (Å²) < 4.78 is -1.26. The molecule has 0 aromatic heterocycles. The summed E-state index contributed by atoms with van der Waals surface area (Å²) in [5.74, 6) is 0.843. The standard InChI is InChI=1S/C12H14N4O7/c13-11-10(22)9(12(23)16(11,14)4-8(20)21)5-1-6(17)15(2-5)3-7(18)19/h1,11H,2-4,13-14H2,(H2-,17,18,19,20,21,22,23)/p+1. The number of nitrogens with zero attached hydrogens (tertiary/aromatic N) is 2. The van der Waals surface area contributed by atoms with Gasteiger partial charge in [-0.15, -0.1) is 0 Å². The lowest BCUT2D eigenvalue weighted by atomic mass is 10.1. The van der Waals surface area contributed by atoms with Crippen LogP contribution >= 0.6 is 0 Å². The van der Waals surface area contributed by atoms with Gasteiger partial charge in [0.05, 0.1) is 0 Å². The minimum Gasteiger partial charge on any atom is -0.505 e. The Morgan fingerprint density at radius 1 is 1.30 bits per heavy atom. The predicted octanol–water partition coefficient (Wildman–Crippen LogP) is -2.75. The summed E-state index contributed by atoms with van der Waals surface area (Å²) in [6.45, 7) is -1.66. The molecule has 23 heavy (non-hydrogen) atoms. The molecular formula is C12H15N4O7+. The summed E-state index contributed by atoms with van der Waals surface area (Å²) in [4.78, 5) is 46.6. The van der Waals surface area contributed by atoms with Gasteiger partial charge in [-0.3, -0.25) is 15.3 Å². The fourth-order valence-corrected chi connectivity index (χ4v) is 2.52. The van der Waals surface area contributed by atoms with Crippen molar-refractivity contribution in [2.45, 2.75) is 6.17 Å². The van der Waals surface area contributed by atoms with Gasteiger partial charge in [0.25, 0.3) is 0 Å². The van der Waals surface area contributed by atoms with E-state index in [9.17, 15) is 24.3 Å². The van der Waals surface area contributed by atoms with Gasteiger partial charge in [0.1, 0.15) is 12.1 Å². The monoisotopic (exact) mass is 327 g/mol. The van der Waals surface area contributed by atoms with Crippen molar-refractivity contribution >= 4 is 23.8 Å². The van der Waals surface area contributed by atoms with Gasteiger partial charge in [-0.05, 0) is 5.57 Å². The molecule has 0 aromatic rings. The van der Waals surface area contributed by atoms with E-state index in [4.69, 9.17) is 21.8 Å². The summed E-state index contributed by atoms with van der Waals surface area (Å²) >= 11 is 0. The van der Waals surface area contributed by atoms with Gasteiger partial charge >= 0.3 is 17.8 Å². The third-order valence-electron chi connectivity index (χ3n) is 3.64. The van der Waals surface area contributed by atoms with E-state index >= 15 is 0 Å². The first-order valence-electron chi connectivity index (χ1n) is 6.41. The first kappa shape index (κ1) is 16.6. The number of aliphatic hydroxyl groups is 1. The van der Waals surface area contributed by atoms with Crippen molar-refractivity contribution in [3.63, 3.8) is 0 Å². The second-order valence-electron chi connectivity index (χ2n) is 5.25. The van der Waals surface area contributed by atoms with Crippen molar-refractivity contribution in [2.24, 2.45) is 11.6 Å². The van der Waals surface area contributed by atoms with Gasteiger partial charge in [0.2, 0.25) is 18.6 Å². The van der Waals surface area contributed by atoms with E-state index in [1.165, 1.54) is 0 Å². The molecule has 11 nitrogen and oxygen atoms in total. The Morgan fingerprint density at radius 2 is 1.91 bits per heavy atom. The minimum atomic E-state index is -1.49. The van der Waals surface area contributed by atoms with Crippen molar-refractivity contribution < 1.29 is 39.1 Å². The van der Waals surface area contributed by atoms with Crippen LogP contribution in [0.2, 0.25) is 0 Å². The molecule has 0 fully saturated rings. The number of aliphatic carboxylic acids is 2. The second kappa shape index (κ2) is 5.46. The lowest BCUT2D eigenvalue weighted by Crippen LogP contribution is -2.66. The summed E-state index contributed by atoms with van der Waals surface area (Å²) in [6.07, 6.45) is -0.492. The number of carboxylic acid groups (broad SMARTS) is 2. The smallest absolute Gasteiger partial charge is 0.371 e. The average molecular weight is 327 g/mol. The topological polar surface area (TPSA) is 184 Å². The largest absolute Gasteiger partial charge is 0.505 e. The molecule has 7 N–H and O–H groups in total. The third-order valence-corrected chi connectivity index (χ3v) is 3.64. The molecule has 2 atom stereocenters. The number of carbonyl (C=O) groups excluding carboxylic acids is 2. The van der Waals surface area contributed by atoms with Crippen LogP contribution in [0.1, 0.15) is 0 Å². The molecule has 0 spiro atoms. The molecule has 2 aliphatic heterocycles. The summed E-state index contributed by atoms with van der Waals surface area (Å²) in [7, 11) is 0. The molecule has 2 aliphatic rings. The molecule has 0 aliphatic carbocycles. The van der Waals surface area contributed by atoms with Gasteiger partial charge in [-0.25, -0.2) is 9.59 Å². The summed E-state index contributed by atoms with van der Waals surface area (Å²) in [5.41, 5.74) is 5.34. The highest BCUT2D eigenvalue weighted by Gasteiger charge is 2.55. The molecule has 0 saturated heterocycles. The summed E-state index contributed by atoms with van der Waals surface area (Å²) in [6, 6.07) is 0. The van der Waals surface area contributed by atoms with E-state index in [-0.39, 0.29) is 17.7 Å². The van der Waals surface area contributed by atoms with Gasteiger partial charge in [0.15, 0.2) is 5.76 Å². The molecule has 124 valence electrons. The Morgan fingerprint density at radius 3 is 2.43 bits per heavy atom. The van der Waals surface area contributed by atoms with Crippen LogP contribution in [0.25, 0.3) is 0 Å². The van der Waals surface area contributed by atoms with Gasteiger partial charge in [-0.1, -0.05) is 0 Å². The first-order valence-corrected chi connectivity index (χ1v) is 6.41. The quantitative estimate of drug-likeness (QED) is 0.203. The number of carboxylic acids is 2. The zero-order chi connectivity index (χ0) is 17.5. The van der Waals surface area contributed by atoms with Crippen molar-refractivity contribution in [1.29, 1.82) is 0 Å². The predicted molar refractivity (Wildman–Crippen MR) is 71.9 cm³/mol. The van der Waals surface area contributed by atoms with Gasteiger partial charge in [-0.2, -0.15) is 10.4 Å². The third kappa shape index (κ3) is 2.67. The van der Waals surface area contributed by atoms with Gasteiger partial charge < -0.3 is 20.2 Å². The molecule has 2 rings (SSSR count). The Labute approximate surface area is 129 Å². The van der Waals surface area contributed by atoms with Crippen molar-refractivity contribution in [1.82, 2.24) is 4.90 Å². The Bertz CT molecular complexity index is 683. The van der Waals surface area contributed by atoms with Crippen molar-refractivity contribution in [2.75, 3.05) is 19.6 Å². The molecular weight excluding hydrogens is 312 g/mol. The molecule has 0 aromatic carbocycles. The number of quaternary nitrogens is 1. The Balaban J connectivity index is 2.32. The Kier molecular flexibility index (Phi) is 3.94. The van der Waals surface area contributed by atoms with Crippen molar-refractivity contribution in [3.8, 4) is 0 Å². The van der Waals surface area contributed by atoms with E-state index < -0.39 is 53.4 Å². The molecule has 11 heteroatoms. The van der Waals surface area contributed by atoms with E-state index in [1.54, 1.807) is 0 Å². The van der Waals surface area contributed by atoms with Crippen LogP contribution in [0.5, 0.6) is 0 Å². The molecule has 2 heterocycles. The van der Waals surface area contributed by atoms with Crippen LogP contribution in [0, 0.1) is 0 Å². The lowest BCUT2D eigenvalue weighted by molar-refractivity contribution is -0.874. The number of hydrogen-bond donors (Lipinski definition) is 5. The zero-order valence-electron chi connectivity index (χ0n) is 11.8. The van der Waals surface area contributed by atoms with Crippen LogP contribution in [-0.2, 0) is 19.2 Å². The highest BCUT2D eigenvalue weighted by molar-refractivity contribution is 6.02. The minimum absolute atomic E-state index is 0.0463. The maximum absolute atomic E-state index is 12.4. The molecule has 2 amide bonds. The number of hydrogen-bond acceptors (Lipinski definition) is 7. The SMILES string of the molecule is NC1C(O)=C(C2=CC(=O)N(CC(=O)O)C2)C(=O)[N+]1(N)CC(=O)O. The zero-order valence-corrected chi connectivity index (χ0v) is 11.8. The maximum Gasteiger partial charge on any atom is 0.371 e. The average Bonchev–Trinajstić information content (AvgIpc) is 2.83. The molecule has 0 bridgehead atoms. The summed E-state index contributed by atoms with van der Waals surface area (Å²) in [5, 5.41) is 27.6. The lowest BCUT2D eigenvalue weighted by Gasteiger charge is -2.27. The number of aliphatic hydroxyl groups excluding tert-OH is 1. The second-order valence-corrected chi connectivity index (χ2v) is 5.25. The van der Waals surface area contributed by atoms with E-state index in [0.717, 1.165) is 11.0 Å². The Hall–Kier alpha value is -2.76. The normalized spacial score (nSPS) is 27.7.